The van der Waals surface area contributed by atoms with Crippen LogP contribution in [0.15, 0.2) is 182 Å². The smallest absolute Gasteiger partial charge is 0.115 e. The normalized spacial score (nSPS) is 20.9. The van der Waals surface area contributed by atoms with Crippen molar-refractivity contribution in [1.82, 2.24) is 5.32 Å². The molecule has 6 atom stereocenters. The monoisotopic (exact) mass is 733 g/mol. The molecule has 1 saturated carbocycles. The predicted octanol–water partition coefficient (Wildman–Crippen LogP) is 9.13. The van der Waals surface area contributed by atoms with Crippen molar-refractivity contribution in [3.63, 3.8) is 0 Å². The van der Waals surface area contributed by atoms with E-state index in [9.17, 15) is 0 Å². The van der Waals surface area contributed by atoms with Gasteiger partial charge in [-0.2, -0.15) is 0 Å². The van der Waals surface area contributed by atoms with Crippen LogP contribution in [0.4, 0.5) is 0 Å². The molecule has 282 valence electrons. The molecule has 0 saturated heterocycles. The predicted molar refractivity (Wildman–Crippen MR) is 217 cm³/mol. The third kappa shape index (κ3) is 11.3. The van der Waals surface area contributed by atoms with Crippen molar-refractivity contribution >= 4 is 0 Å². The molecule has 1 aliphatic rings. The lowest BCUT2D eigenvalue weighted by Crippen LogP contribution is -2.70. The van der Waals surface area contributed by atoms with Crippen LogP contribution in [0.5, 0.6) is 0 Å². The van der Waals surface area contributed by atoms with E-state index in [1.54, 1.807) is 0 Å². The maximum atomic E-state index is 7.06. The van der Waals surface area contributed by atoms with Crippen LogP contribution in [0, 0.1) is 0 Å². The van der Waals surface area contributed by atoms with Crippen molar-refractivity contribution in [3.8, 4) is 0 Å². The lowest BCUT2D eigenvalue weighted by Gasteiger charge is -2.50. The van der Waals surface area contributed by atoms with Crippen molar-refractivity contribution < 1.29 is 23.7 Å². The molecule has 0 radical (unpaired) electrons. The van der Waals surface area contributed by atoms with Crippen molar-refractivity contribution in [2.75, 3.05) is 6.54 Å². The fourth-order valence-electron chi connectivity index (χ4n) is 7.22. The summed E-state index contributed by atoms with van der Waals surface area (Å²) in [5.41, 5.74) is 6.63. The third-order valence-electron chi connectivity index (χ3n) is 10.1. The van der Waals surface area contributed by atoms with Crippen LogP contribution in [0.25, 0.3) is 0 Å². The second-order valence-electron chi connectivity index (χ2n) is 14.0. The van der Waals surface area contributed by atoms with Gasteiger partial charge in [-0.25, -0.2) is 0 Å². The van der Waals surface area contributed by atoms with Crippen LogP contribution in [-0.4, -0.2) is 43.1 Å². The van der Waals surface area contributed by atoms with Gasteiger partial charge in [-0.3, -0.25) is 0 Å². The molecule has 0 amide bonds. The van der Waals surface area contributed by atoms with Gasteiger partial charge in [-0.15, -0.1) is 0 Å². The summed E-state index contributed by atoms with van der Waals surface area (Å²) in [6.07, 6.45) is -1.65. The summed E-state index contributed by atoms with van der Waals surface area (Å²) >= 11 is 0. The Morgan fingerprint density at radius 1 is 0.291 bits per heavy atom. The molecule has 1 N–H and O–H groups in total. The fraction of sp³-hybridized carbons (Fsp3) is 0.265. The first kappa shape index (κ1) is 38.4. The number of hydrogen-bond acceptors (Lipinski definition) is 6. The average molecular weight is 734 g/mol. The highest BCUT2D eigenvalue weighted by atomic mass is 16.6. The zero-order valence-corrected chi connectivity index (χ0v) is 31.3. The zero-order chi connectivity index (χ0) is 37.3. The Kier molecular flexibility index (Phi) is 14.4. The molecule has 0 aliphatic heterocycles. The number of hydrogen-bond donors (Lipinski definition) is 1. The molecule has 0 aromatic heterocycles. The van der Waals surface area contributed by atoms with E-state index in [0.29, 0.717) is 39.6 Å². The molecule has 55 heavy (non-hydrogen) atoms. The van der Waals surface area contributed by atoms with Crippen molar-refractivity contribution in [2.45, 2.75) is 76.0 Å². The van der Waals surface area contributed by atoms with Gasteiger partial charge in [0.2, 0.25) is 0 Å². The minimum absolute atomic E-state index is 0.311. The number of ether oxygens (including phenoxy) is 5. The largest absolute Gasteiger partial charge is 0.369 e. The summed E-state index contributed by atoms with van der Waals surface area (Å²) in [5, 5.41) is 3.93. The van der Waals surface area contributed by atoms with E-state index in [2.05, 4.69) is 96.3 Å². The minimum Gasteiger partial charge on any atom is -0.369 e. The highest BCUT2D eigenvalue weighted by molar-refractivity contribution is 5.20. The van der Waals surface area contributed by atoms with Crippen LogP contribution in [-0.2, 0) is 63.1 Å². The number of nitrogens with one attached hydrogen (secondary N) is 1. The van der Waals surface area contributed by atoms with Gasteiger partial charge in [0.05, 0.1) is 39.1 Å². The highest BCUT2D eigenvalue weighted by Gasteiger charge is 2.54. The first-order valence-electron chi connectivity index (χ1n) is 19.3. The average Bonchev–Trinajstić information content (AvgIpc) is 3.25. The van der Waals surface area contributed by atoms with Crippen LogP contribution in [0.3, 0.4) is 0 Å². The van der Waals surface area contributed by atoms with Crippen molar-refractivity contribution in [3.05, 3.63) is 215 Å². The fourth-order valence-corrected chi connectivity index (χ4v) is 7.22. The van der Waals surface area contributed by atoms with Gasteiger partial charge >= 0.3 is 0 Å². The van der Waals surface area contributed by atoms with Gasteiger partial charge in [0, 0.05) is 0 Å². The molecule has 0 heterocycles. The number of rotatable bonds is 19. The molecule has 0 spiro atoms. The van der Waals surface area contributed by atoms with E-state index in [1.807, 2.05) is 91.0 Å². The Bertz CT molecular complexity index is 1820. The maximum Gasteiger partial charge on any atom is 0.115 e. The molecule has 0 bridgehead atoms. The molecule has 6 aromatic carbocycles. The Labute approximate surface area is 326 Å². The van der Waals surface area contributed by atoms with E-state index < -0.39 is 30.5 Å². The molecule has 2 unspecified atom stereocenters. The molecule has 1 fully saturated rings. The van der Waals surface area contributed by atoms with E-state index in [0.717, 1.165) is 34.2 Å². The topological polar surface area (TPSA) is 58.2 Å². The third-order valence-corrected chi connectivity index (χ3v) is 10.1. The molecular weight excluding hydrogens is 683 g/mol. The molecule has 7 rings (SSSR count). The lowest BCUT2D eigenvalue weighted by molar-refractivity contribution is -0.260. The lowest BCUT2D eigenvalue weighted by atomic mass is 9.81. The molecule has 6 heteroatoms. The van der Waals surface area contributed by atoms with E-state index >= 15 is 0 Å². The van der Waals surface area contributed by atoms with E-state index in [1.165, 1.54) is 5.56 Å². The molecule has 1 aliphatic carbocycles. The van der Waals surface area contributed by atoms with Crippen molar-refractivity contribution in [2.24, 2.45) is 0 Å². The van der Waals surface area contributed by atoms with E-state index in [-0.39, 0.29) is 6.04 Å². The van der Waals surface area contributed by atoms with Gasteiger partial charge in [0.1, 0.15) is 30.5 Å². The Hall–Kier alpha value is -4.92. The molecular formula is C49H51NO5. The summed E-state index contributed by atoms with van der Waals surface area (Å²) in [7, 11) is 0. The number of benzene rings is 6. The summed E-state index contributed by atoms with van der Waals surface area (Å²) in [5.74, 6) is 0. The first-order valence-corrected chi connectivity index (χ1v) is 19.3. The van der Waals surface area contributed by atoms with Gasteiger partial charge < -0.3 is 29.0 Å². The van der Waals surface area contributed by atoms with Crippen LogP contribution < -0.4 is 5.32 Å². The SMILES string of the molecule is c1ccc(CCNC2[C@@H](OCc3ccccc3)[C@H](OCc3ccccc3)C(OCc3ccccc3)[C@H](OCc3ccccc3)[C@H]2OCc2ccccc2)cc1. The molecule has 6 aromatic rings. The van der Waals surface area contributed by atoms with Gasteiger partial charge in [0.25, 0.3) is 0 Å². The molecule has 6 nitrogen and oxygen atoms in total. The van der Waals surface area contributed by atoms with Crippen molar-refractivity contribution in [1.29, 1.82) is 0 Å². The van der Waals surface area contributed by atoms with Crippen LogP contribution in [0.2, 0.25) is 0 Å². The van der Waals surface area contributed by atoms with Gasteiger partial charge in [-0.1, -0.05) is 182 Å². The Morgan fingerprint density at radius 3 is 0.818 bits per heavy atom. The summed E-state index contributed by atoms with van der Waals surface area (Å²) in [6, 6.07) is 61.7. The van der Waals surface area contributed by atoms with Crippen LogP contribution >= 0.6 is 0 Å². The van der Waals surface area contributed by atoms with Crippen LogP contribution in [0.1, 0.15) is 33.4 Å². The second kappa shape index (κ2) is 20.7. The van der Waals surface area contributed by atoms with E-state index in [4.69, 9.17) is 23.7 Å². The maximum absolute atomic E-state index is 7.06. The zero-order valence-electron chi connectivity index (χ0n) is 31.3. The summed E-state index contributed by atoms with van der Waals surface area (Å²) in [6.45, 7) is 2.67. The highest BCUT2D eigenvalue weighted by Crippen LogP contribution is 2.35. The minimum atomic E-state index is -0.540. The second-order valence-corrected chi connectivity index (χ2v) is 14.0. The summed E-state index contributed by atoms with van der Waals surface area (Å²) < 4.78 is 35.2. The summed E-state index contributed by atoms with van der Waals surface area (Å²) in [4.78, 5) is 0. The first-order chi connectivity index (χ1) is 27.3. The van der Waals surface area contributed by atoms with Gasteiger partial charge in [0.15, 0.2) is 0 Å². The van der Waals surface area contributed by atoms with Gasteiger partial charge in [-0.05, 0) is 46.3 Å². The standard InChI is InChI=1S/C49H51NO5/c1-7-19-38(20-8-1)31-32-50-44-45(51-33-39-21-9-2-10-22-39)47(53-35-41-25-13-4-14-26-41)49(55-37-43-29-17-6-18-30-43)48(54-36-42-27-15-5-16-28-42)46(44)52-34-40-23-11-3-12-24-40/h1-30,44-50H,31-37H2/t44?,45-,46+,47+,48-,49?. The Morgan fingerprint density at radius 2 is 0.527 bits per heavy atom. The quantitative estimate of drug-likeness (QED) is 0.0897. The Balaban J connectivity index is 1.28.